The molecule has 2 N–H and O–H groups in total. The minimum absolute atomic E-state index is 0.0292. The fraction of sp³-hybridized carbons (Fsp3) is 0.531. The predicted molar refractivity (Wildman–Crippen MR) is 155 cm³/mol. The van der Waals surface area contributed by atoms with Gasteiger partial charge in [-0.3, -0.25) is 4.79 Å². The van der Waals surface area contributed by atoms with E-state index in [4.69, 9.17) is 20.4 Å². The summed E-state index contributed by atoms with van der Waals surface area (Å²) in [5.41, 5.74) is 12.1. The fourth-order valence-corrected chi connectivity index (χ4v) is 7.79. The Kier molecular flexibility index (Phi) is 5.53. The number of nitrogens with two attached hydrogens (primary N) is 1. The maximum atomic E-state index is 13.7. The van der Waals surface area contributed by atoms with E-state index in [-0.39, 0.29) is 18.0 Å². The molecule has 0 spiro atoms. The van der Waals surface area contributed by atoms with Crippen molar-refractivity contribution in [3.8, 4) is 17.3 Å². The molecule has 8 heteroatoms. The van der Waals surface area contributed by atoms with Crippen LogP contribution in [0.4, 0.5) is 0 Å². The van der Waals surface area contributed by atoms with Gasteiger partial charge in [-0.05, 0) is 80.7 Å². The van der Waals surface area contributed by atoms with E-state index in [2.05, 4.69) is 27.3 Å². The summed E-state index contributed by atoms with van der Waals surface area (Å²) in [5, 5.41) is 1.16. The van der Waals surface area contributed by atoms with Gasteiger partial charge in [-0.15, -0.1) is 0 Å². The second-order valence-corrected chi connectivity index (χ2v) is 12.7. The number of methoxy groups -OCH3 is 1. The number of fused-ring (bicyclic) bond motifs is 4. The number of hydrogen-bond acceptors (Lipinski definition) is 5. The molecule has 8 nitrogen and oxygen atoms in total. The van der Waals surface area contributed by atoms with Gasteiger partial charge in [-0.1, -0.05) is 12.8 Å². The van der Waals surface area contributed by atoms with Gasteiger partial charge >= 0.3 is 0 Å². The van der Waals surface area contributed by atoms with Crippen LogP contribution in [0.5, 0.6) is 5.75 Å². The van der Waals surface area contributed by atoms with Crippen molar-refractivity contribution in [2.45, 2.75) is 75.9 Å². The first kappa shape index (κ1) is 24.4. The van der Waals surface area contributed by atoms with Gasteiger partial charge in [0.1, 0.15) is 16.9 Å². The number of ether oxygens (including phenoxy) is 1. The third-order valence-corrected chi connectivity index (χ3v) is 10.2. The molecule has 1 aromatic carbocycles. The van der Waals surface area contributed by atoms with Crippen LogP contribution in [0.3, 0.4) is 0 Å². The van der Waals surface area contributed by atoms with Crippen LogP contribution < -0.4 is 10.5 Å². The van der Waals surface area contributed by atoms with Crippen LogP contribution >= 0.6 is 0 Å². The summed E-state index contributed by atoms with van der Waals surface area (Å²) in [4.78, 5) is 26.0. The van der Waals surface area contributed by atoms with E-state index in [0.29, 0.717) is 29.1 Å². The molecule has 3 aromatic heterocycles. The van der Waals surface area contributed by atoms with Crippen molar-refractivity contribution in [3.05, 3.63) is 41.6 Å². The first-order valence-corrected chi connectivity index (χ1v) is 15.1. The number of benzene rings is 1. The van der Waals surface area contributed by atoms with Gasteiger partial charge in [0.25, 0.3) is 5.91 Å². The molecule has 2 bridgehead atoms. The molecule has 3 aliphatic carbocycles. The summed E-state index contributed by atoms with van der Waals surface area (Å²) in [6.45, 7) is 1.71. The number of likely N-dealkylation sites (tertiary alicyclic amines) is 1. The average molecular weight is 539 g/mol. The van der Waals surface area contributed by atoms with Crippen LogP contribution in [0.15, 0.2) is 30.3 Å². The molecule has 1 aliphatic heterocycles. The minimum Gasteiger partial charge on any atom is -0.494 e. The smallest absolute Gasteiger partial charge is 0.254 e. The molecule has 3 atom stereocenters. The van der Waals surface area contributed by atoms with Crippen LogP contribution in [0.1, 0.15) is 73.3 Å². The number of aryl methyl sites for hydroxylation is 1. The van der Waals surface area contributed by atoms with Gasteiger partial charge in [0.05, 0.1) is 18.3 Å². The highest BCUT2D eigenvalue weighted by Crippen LogP contribution is 2.41. The number of piperidine rings is 1. The van der Waals surface area contributed by atoms with Crippen LogP contribution in [0, 0.1) is 11.8 Å². The summed E-state index contributed by atoms with van der Waals surface area (Å²) < 4.78 is 10.4. The number of carbonyl (C=O) groups excluding carboxylic acids is 1. The van der Waals surface area contributed by atoms with E-state index in [1.54, 1.807) is 7.11 Å². The molecule has 8 rings (SSSR count). The lowest BCUT2D eigenvalue weighted by atomic mass is 10.0. The summed E-state index contributed by atoms with van der Waals surface area (Å²) in [5.74, 6) is 3.26. The second-order valence-electron chi connectivity index (χ2n) is 12.7. The zero-order chi connectivity index (χ0) is 27.1. The Morgan fingerprint density at radius 2 is 1.88 bits per heavy atom. The quantitative estimate of drug-likeness (QED) is 0.363. The fourth-order valence-electron chi connectivity index (χ4n) is 7.79. The number of imidazole rings is 1. The molecule has 4 heterocycles. The van der Waals surface area contributed by atoms with Crippen molar-refractivity contribution >= 4 is 28.0 Å². The van der Waals surface area contributed by atoms with Crippen molar-refractivity contribution < 1.29 is 9.53 Å². The molecule has 4 fully saturated rings. The van der Waals surface area contributed by atoms with Gasteiger partial charge in [0.2, 0.25) is 0 Å². The van der Waals surface area contributed by atoms with E-state index in [0.717, 1.165) is 59.5 Å². The molecule has 1 saturated heterocycles. The molecule has 0 radical (unpaired) electrons. The van der Waals surface area contributed by atoms with Gasteiger partial charge in [0, 0.05) is 54.8 Å². The van der Waals surface area contributed by atoms with E-state index < -0.39 is 0 Å². The van der Waals surface area contributed by atoms with Crippen LogP contribution in [-0.4, -0.2) is 55.6 Å². The molecular weight excluding hydrogens is 500 g/mol. The lowest BCUT2D eigenvalue weighted by Crippen LogP contribution is -2.41. The molecule has 1 amide bonds. The Balaban J connectivity index is 1.23. The summed E-state index contributed by atoms with van der Waals surface area (Å²) in [7, 11) is 3.71. The number of aromatic nitrogens is 4. The van der Waals surface area contributed by atoms with Crippen molar-refractivity contribution in [3.63, 3.8) is 0 Å². The molecule has 3 saturated carbocycles. The van der Waals surface area contributed by atoms with Gasteiger partial charge in [-0.2, -0.15) is 0 Å². The predicted octanol–water partition coefficient (Wildman–Crippen LogP) is 5.23. The van der Waals surface area contributed by atoms with Crippen molar-refractivity contribution in [2.75, 3.05) is 13.7 Å². The van der Waals surface area contributed by atoms with Gasteiger partial charge in [0.15, 0.2) is 5.82 Å². The molecular formula is C32H38N6O2. The first-order valence-electron chi connectivity index (χ1n) is 15.1. The van der Waals surface area contributed by atoms with Crippen molar-refractivity contribution in [2.24, 2.45) is 24.6 Å². The normalized spacial score (nSPS) is 24.7. The third-order valence-electron chi connectivity index (χ3n) is 10.2. The second kappa shape index (κ2) is 9.06. The zero-order valence-corrected chi connectivity index (χ0v) is 23.5. The van der Waals surface area contributed by atoms with E-state index in [1.807, 2.05) is 24.1 Å². The highest BCUT2D eigenvalue weighted by molar-refractivity contribution is 6.00. The highest BCUT2D eigenvalue weighted by Gasteiger charge is 2.47. The lowest BCUT2D eigenvalue weighted by Gasteiger charge is -2.27. The number of hydrogen-bond donors (Lipinski definition) is 1. The topological polar surface area (TPSA) is 91.2 Å². The van der Waals surface area contributed by atoms with Crippen LogP contribution in [0.25, 0.3) is 33.6 Å². The summed E-state index contributed by atoms with van der Waals surface area (Å²) >= 11 is 0. The number of carbonyl (C=O) groups is 1. The van der Waals surface area contributed by atoms with Gasteiger partial charge in [-0.25, -0.2) is 9.97 Å². The van der Waals surface area contributed by atoms with Crippen molar-refractivity contribution in [1.29, 1.82) is 0 Å². The number of nitrogens with zero attached hydrogens (tertiary/aromatic N) is 5. The van der Waals surface area contributed by atoms with E-state index in [9.17, 15) is 4.79 Å². The maximum absolute atomic E-state index is 13.7. The summed E-state index contributed by atoms with van der Waals surface area (Å²) in [6, 6.07) is 10.8. The lowest BCUT2D eigenvalue weighted by molar-refractivity contribution is 0.0700. The zero-order valence-electron chi connectivity index (χ0n) is 23.5. The van der Waals surface area contributed by atoms with E-state index in [1.165, 1.54) is 44.2 Å². The minimum atomic E-state index is 0.0292. The summed E-state index contributed by atoms with van der Waals surface area (Å²) in [6.07, 6.45) is 9.74. The van der Waals surface area contributed by atoms with Crippen LogP contribution in [0.2, 0.25) is 0 Å². The molecule has 208 valence electrons. The Bertz CT molecular complexity index is 1640. The number of amides is 1. The Morgan fingerprint density at radius 3 is 2.58 bits per heavy atom. The number of rotatable bonds is 6. The Morgan fingerprint density at radius 1 is 1.05 bits per heavy atom. The number of pyridine rings is 1. The largest absolute Gasteiger partial charge is 0.494 e. The van der Waals surface area contributed by atoms with Crippen molar-refractivity contribution in [1.82, 2.24) is 24.0 Å². The van der Waals surface area contributed by atoms with Crippen LogP contribution in [-0.2, 0) is 13.6 Å². The maximum Gasteiger partial charge on any atom is 0.254 e. The van der Waals surface area contributed by atoms with Gasteiger partial charge < -0.3 is 24.5 Å². The molecule has 40 heavy (non-hydrogen) atoms. The van der Waals surface area contributed by atoms with E-state index >= 15 is 0 Å². The highest BCUT2D eigenvalue weighted by atomic mass is 16.5. The Labute approximate surface area is 234 Å². The molecule has 4 aliphatic rings. The monoisotopic (exact) mass is 538 g/mol. The first-order chi connectivity index (χ1) is 19.5. The third kappa shape index (κ3) is 3.71. The standard InChI is InChI=1S/C32H38N6O2/c1-36-29-24(13-22(15-27(29)40-2)32(39)38-17-21-10-12-25(38)28(21)33)35-31(36)26-14-20-9-11-23(19-5-3-4-6-19)34-30(20)37(26)16-18-7-8-18/h9,11,13-15,18-19,21,25,28H,3-8,10,12,16-17,33H2,1-2H3/t21-,25-,28-/m1/s1. The Hall–Kier alpha value is -3.39. The molecule has 0 unspecified atom stereocenters. The average Bonchev–Trinajstić information content (AvgIpc) is 3.34. The molecule has 4 aromatic rings. The SMILES string of the molecule is COc1cc(C(=O)N2C[C@H]3CC[C@@H]2[C@@H]3N)cc2nc(-c3cc4ccc(C5CCCC5)nc4n3CC3CC3)n(C)c12.